The van der Waals surface area contributed by atoms with Crippen LogP contribution in [-0.2, 0) is 37.5 Å². The second-order valence-electron chi connectivity index (χ2n) is 14.4. The van der Waals surface area contributed by atoms with Crippen molar-refractivity contribution in [3.8, 4) is 0 Å². The molecule has 62 heavy (non-hydrogen) atoms. The number of carboxylic acid groups (broad SMARTS) is 1. The summed E-state index contributed by atoms with van der Waals surface area (Å²) in [5, 5.41) is 29.6. The van der Waals surface area contributed by atoms with Crippen LogP contribution in [0.15, 0.2) is 109 Å². The van der Waals surface area contributed by atoms with Gasteiger partial charge in [-0.25, -0.2) is 4.57 Å². The summed E-state index contributed by atoms with van der Waals surface area (Å²) in [7, 11) is -4.82. The summed E-state index contributed by atoms with van der Waals surface area (Å²) in [6.07, 6.45) is 46.3. The molecule has 0 aromatic heterocycles. The molecule has 6 N–H and O–H groups in total. The fourth-order valence-corrected chi connectivity index (χ4v) is 5.91. The molecular weight excluding hydrogens is 813 g/mol. The molecule has 0 aliphatic rings. The second-order valence-corrected chi connectivity index (χ2v) is 15.9. The minimum atomic E-state index is -4.82. The van der Waals surface area contributed by atoms with Crippen LogP contribution in [0.1, 0.15) is 129 Å². The minimum absolute atomic E-state index is 0.0302. The van der Waals surface area contributed by atoms with Gasteiger partial charge in [0.2, 0.25) is 0 Å². The highest BCUT2D eigenvalue weighted by atomic mass is 31.2. The first kappa shape index (κ1) is 58.1. The lowest BCUT2D eigenvalue weighted by Gasteiger charge is -2.20. The van der Waals surface area contributed by atoms with Crippen molar-refractivity contribution in [3.05, 3.63) is 109 Å². The summed E-state index contributed by atoms with van der Waals surface area (Å²) in [6.45, 7) is 2.26. The van der Waals surface area contributed by atoms with Crippen molar-refractivity contribution in [2.45, 2.75) is 154 Å². The highest BCUT2D eigenvalue weighted by molar-refractivity contribution is 7.47. The molecule has 13 nitrogen and oxygen atoms in total. The zero-order valence-electron chi connectivity index (χ0n) is 37.1. The van der Waals surface area contributed by atoms with Gasteiger partial charge in [0.1, 0.15) is 12.6 Å². The van der Waals surface area contributed by atoms with Crippen LogP contribution in [-0.4, -0.2) is 82.3 Å². The van der Waals surface area contributed by atoms with Crippen molar-refractivity contribution in [1.82, 2.24) is 0 Å². The van der Waals surface area contributed by atoms with Crippen LogP contribution in [0.5, 0.6) is 0 Å². The molecule has 0 aromatic rings. The van der Waals surface area contributed by atoms with Crippen LogP contribution in [0.4, 0.5) is 0 Å². The van der Waals surface area contributed by atoms with Gasteiger partial charge in [-0.15, -0.1) is 0 Å². The van der Waals surface area contributed by atoms with E-state index in [2.05, 4.69) is 91.3 Å². The van der Waals surface area contributed by atoms with Crippen molar-refractivity contribution in [3.63, 3.8) is 0 Å². The molecule has 5 atom stereocenters. The molecule has 0 radical (unpaired) electrons. The molecule has 1 unspecified atom stereocenters. The van der Waals surface area contributed by atoms with Gasteiger partial charge in [-0.05, 0) is 89.9 Å². The molecule has 14 heteroatoms. The Labute approximate surface area is 371 Å². The first-order valence-electron chi connectivity index (χ1n) is 22.1. The van der Waals surface area contributed by atoms with E-state index in [1.807, 2.05) is 30.4 Å². The minimum Gasteiger partial charge on any atom is -0.480 e. The van der Waals surface area contributed by atoms with Crippen LogP contribution in [0.25, 0.3) is 0 Å². The van der Waals surface area contributed by atoms with E-state index in [0.717, 1.165) is 44.9 Å². The van der Waals surface area contributed by atoms with Gasteiger partial charge < -0.3 is 35.4 Å². The monoisotopic (exact) mass is 890 g/mol. The van der Waals surface area contributed by atoms with Gasteiger partial charge in [0.05, 0.1) is 25.4 Å². The number of carboxylic acids is 1. The Morgan fingerprint density at radius 2 is 1.06 bits per heavy atom. The fraction of sp³-hybridized carbons (Fsp3) is 0.562. The number of phosphoric ester groups is 1. The van der Waals surface area contributed by atoms with E-state index in [-0.39, 0.29) is 32.1 Å². The number of ether oxygens (including phenoxy) is 2. The van der Waals surface area contributed by atoms with Gasteiger partial charge in [0.25, 0.3) is 0 Å². The van der Waals surface area contributed by atoms with E-state index in [4.69, 9.17) is 24.8 Å². The van der Waals surface area contributed by atoms with Gasteiger partial charge in [0.15, 0.2) is 6.10 Å². The van der Waals surface area contributed by atoms with Crippen LogP contribution in [0.3, 0.4) is 0 Å². The summed E-state index contributed by atoms with van der Waals surface area (Å²) < 4.78 is 32.4. The van der Waals surface area contributed by atoms with E-state index < -0.39 is 69.9 Å². The molecule has 0 spiro atoms. The molecule has 0 fully saturated rings. The second kappa shape index (κ2) is 41.1. The van der Waals surface area contributed by atoms with E-state index in [1.54, 1.807) is 6.08 Å². The summed E-state index contributed by atoms with van der Waals surface area (Å²) in [4.78, 5) is 46.0. The highest BCUT2D eigenvalue weighted by Gasteiger charge is 2.28. The molecule has 350 valence electrons. The number of carbonyl (C=O) groups is 3. The number of carbonyl (C=O) groups excluding carboxylic acids is 2. The number of esters is 2. The van der Waals surface area contributed by atoms with Crippen molar-refractivity contribution >= 4 is 25.7 Å². The molecular formula is C48H76NO12P. The predicted octanol–water partition coefficient (Wildman–Crippen LogP) is 9.78. The summed E-state index contributed by atoms with van der Waals surface area (Å²) in [5.41, 5.74) is 5.31. The Morgan fingerprint density at radius 3 is 1.58 bits per heavy atom. The Kier molecular flexibility index (Phi) is 38.5. The first-order chi connectivity index (χ1) is 29.9. The predicted molar refractivity (Wildman–Crippen MR) is 247 cm³/mol. The van der Waals surface area contributed by atoms with Crippen molar-refractivity contribution < 1.29 is 57.7 Å². The zero-order valence-corrected chi connectivity index (χ0v) is 38.0. The molecule has 0 aromatic carbocycles. The Bertz CT molecular complexity index is 1500. The molecule has 0 rings (SSSR count). The topological polar surface area (TPSA) is 212 Å². The Balaban J connectivity index is 4.74. The summed E-state index contributed by atoms with van der Waals surface area (Å²) in [5.74, 6) is -2.83. The maximum atomic E-state index is 12.7. The molecule has 0 heterocycles. The average Bonchev–Trinajstić information content (AvgIpc) is 3.24. The lowest BCUT2D eigenvalue weighted by Crippen LogP contribution is -2.34. The van der Waals surface area contributed by atoms with Gasteiger partial charge in [0, 0.05) is 12.8 Å². The highest BCUT2D eigenvalue weighted by Crippen LogP contribution is 2.43. The molecule has 0 amide bonds. The van der Waals surface area contributed by atoms with Crippen molar-refractivity contribution in [1.29, 1.82) is 0 Å². The molecule has 0 bridgehead atoms. The molecule has 0 saturated heterocycles. The lowest BCUT2D eigenvalue weighted by atomic mass is 10.0. The largest absolute Gasteiger partial charge is 0.480 e. The number of phosphoric acid groups is 1. The quantitative estimate of drug-likeness (QED) is 0.0169. The zero-order chi connectivity index (χ0) is 45.9. The fourth-order valence-electron chi connectivity index (χ4n) is 5.13. The smallest absolute Gasteiger partial charge is 0.472 e. The van der Waals surface area contributed by atoms with E-state index in [9.17, 15) is 34.1 Å². The van der Waals surface area contributed by atoms with Crippen LogP contribution < -0.4 is 5.73 Å². The number of nitrogens with two attached hydrogens (primary N) is 1. The van der Waals surface area contributed by atoms with Crippen molar-refractivity contribution in [2.24, 2.45) is 5.73 Å². The molecule has 0 aliphatic carbocycles. The van der Waals surface area contributed by atoms with Crippen LogP contribution >= 0.6 is 7.82 Å². The number of allylic oxidation sites excluding steroid dienone is 17. The van der Waals surface area contributed by atoms with E-state index >= 15 is 0 Å². The Morgan fingerprint density at radius 1 is 0.581 bits per heavy atom. The first-order valence-corrected chi connectivity index (χ1v) is 23.6. The average molecular weight is 890 g/mol. The Hall–Kier alpha value is -3.94. The number of aliphatic carboxylic acids is 1. The molecule has 0 aliphatic heterocycles. The maximum absolute atomic E-state index is 12.7. The number of hydrogen-bond donors (Lipinski definition) is 5. The van der Waals surface area contributed by atoms with Gasteiger partial charge in [-0.3, -0.25) is 23.4 Å². The maximum Gasteiger partial charge on any atom is 0.472 e. The van der Waals surface area contributed by atoms with Gasteiger partial charge in [-0.2, -0.15) is 0 Å². The number of hydrogen-bond acceptors (Lipinski definition) is 11. The summed E-state index contributed by atoms with van der Waals surface area (Å²) in [6, 6.07) is -1.58. The number of aliphatic hydroxyl groups is 2. The van der Waals surface area contributed by atoms with Crippen LogP contribution in [0.2, 0.25) is 0 Å². The standard InChI is InChI=1S/C48H76NO12P/c1-3-5-7-9-11-13-15-17-18-19-20-21-22-23-25-27-29-31-33-37-46(52)58-39-42(40-59-62(56,57)60-41-43(49)48(54)55)61-47(53)38-34-36-45(51)44(50)35-32-30-28-26-24-16-14-12-10-8-6-4-2/h6,8,11-14,17-18,20-21,23-26,29-32,42-45,50-51H,3-5,7,9-10,15-16,19,22,27-28,33-41,49H2,1-2H3,(H,54,55)(H,56,57)/b8-6-,13-11-,14-12-,18-17-,21-20-,25-23-,26-24-,31-29-,32-30-/t42-,43+,44-,45-/m1/s1. The number of aliphatic hydroxyl groups excluding tert-OH is 2. The van der Waals surface area contributed by atoms with Gasteiger partial charge in [-0.1, -0.05) is 136 Å². The lowest BCUT2D eigenvalue weighted by molar-refractivity contribution is -0.161. The van der Waals surface area contributed by atoms with Gasteiger partial charge >= 0.3 is 25.7 Å². The molecule has 0 saturated carbocycles. The normalized spacial score (nSPS) is 15.7. The third kappa shape index (κ3) is 38.9. The van der Waals surface area contributed by atoms with E-state index in [0.29, 0.717) is 19.3 Å². The third-order valence-corrected chi connectivity index (χ3v) is 9.67. The SMILES string of the molecule is CC/C=C\C/C=C\C/C=C\C/C=C\C[C@@H](O)[C@H](O)CCCC(=O)O[C@H](COC(=O)CC/C=C\C/C=C\C/C=C\C/C=C\C/C=C\CCCCC)COP(=O)(O)OC[C@H](N)C(=O)O. The van der Waals surface area contributed by atoms with Crippen molar-refractivity contribution in [2.75, 3.05) is 19.8 Å². The van der Waals surface area contributed by atoms with Crippen LogP contribution in [0, 0.1) is 0 Å². The number of rotatable bonds is 39. The van der Waals surface area contributed by atoms with E-state index in [1.165, 1.54) is 19.3 Å². The number of unbranched alkanes of at least 4 members (excludes halogenated alkanes) is 3. The third-order valence-electron chi connectivity index (χ3n) is 8.72. The summed E-state index contributed by atoms with van der Waals surface area (Å²) >= 11 is 0.